The zero-order valence-electron chi connectivity index (χ0n) is 11.8. The van der Waals surface area contributed by atoms with Crippen molar-refractivity contribution in [1.82, 2.24) is 4.90 Å². The molecule has 1 saturated heterocycles. The molecular formula is C15H23NO3. The molecule has 1 fully saturated rings. The van der Waals surface area contributed by atoms with Crippen LogP contribution in [-0.2, 0) is 9.47 Å². The van der Waals surface area contributed by atoms with Gasteiger partial charge in [0.05, 0.1) is 19.0 Å². The summed E-state index contributed by atoms with van der Waals surface area (Å²) in [6, 6.07) is 3.89. The Bertz CT molecular complexity index is 386. The fourth-order valence-corrected chi connectivity index (χ4v) is 2.36. The van der Waals surface area contributed by atoms with Crippen molar-refractivity contribution < 1.29 is 13.9 Å². The minimum absolute atomic E-state index is 0.296. The highest BCUT2D eigenvalue weighted by Crippen LogP contribution is 2.13. The van der Waals surface area contributed by atoms with Gasteiger partial charge >= 0.3 is 0 Å². The van der Waals surface area contributed by atoms with Gasteiger partial charge < -0.3 is 13.9 Å². The predicted molar refractivity (Wildman–Crippen MR) is 75.0 cm³/mol. The molecule has 2 heterocycles. The molecule has 0 aliphatic carbocycles. The summed E-state index contributed by atoms with van der Waals surface area (Å²) in [6.45, 7) is 6.65. The van der Waals surface area contributed by atoms with Crippen LogP contribution in [-0.4, -0.2) is 51.0 Å². The molecule has 1 atom stereocenters. The smallest absolute Gasteiger partial charge is 0.126 e. The van der Waals surface area contributed by atoms with Gasteiger partial charge in [-0.3, -0.25) is 4.90 Å². The first-order chi connectivity index (χ1) is 9.28. The van der Waals surface area contributed by atoms with E-state index in [9.17, 15) is 0 Å². The van der Waals surface area contributed by atoms with E-state index in [0.29, 0.717) is 6.10 Å². The summed E-state index contributed by atoms with van der Waals surface area (Å²) < 4.78 is 16.2. The Morgan fingerprint density at radius 1 is 1.58 bits per heavy atom. The highest BCUT2D eigenvalue weighted by Gasteiger charge is 2.20. The number of morpholine rings is 1. The fraction of sp³-hybridized carbons (Fsp3) is 0.600. The normalized spacial score (nSPS) is 21.8. The lowest BCUT2D eigenvalue weighted by Crippen LogP contribution is -2.43. The van der Waals surface area contributed by atoms with Crippen molar-refractivity contribution in [3.05, 3.63) is 29.7 Å². The summed E-state index contributed by atoms with van der Waals surface area (Å²) in [4.78, 5) is 2.43. The van der Waals surface area contributed by atoms with Crippen LogP contribution in [0.15, 0.2) is 28.4 Å². The van der Waals surface area contributed by atoms with Gasteiger partial charge in [-0.2, -0.15) is 0 Å². The van der Waals surface area contributed by atoms with Crippen LogP contribution in [0.1, 0.15) is 19.1 Å². The second kappa shape index (κ2) is 7.48. The van der Waals surface area contributed by atoms with E-state index in [2.05, 4.69) is 17.9 Å². The van der Waals surface area contributed by atoms with Crippen LogP contribution in [0.5, 0.6) is 0 Å². The first-order valence-corrected chi connectivity index (χ1v) is 6.81. The summed E-state index contributed by atoms with van der Waals surface area (Å²) in [5.74, 6) is 0.918. The number of ether oxygens (including phenoxy) is 2. The zero-order chi connectivity index (χ0) is 13.5. The van der Waals surface area contributed by atoms with Gasteiger partial charge in [-0.25, -0.2) is 0 Å². The maximum absolute atomic E-state index is 5.74. The standard InChI is InChI=1S/C15H23NO3/c1-13(10-14-4-3-7-18-14)11-16-6-9-19-15(12-16)5-8-17-2/h3-4,7,10,15H,5-6,8-9,11-12H2,1-2H3. The van der Waals surface area contributed by atoms with Crippen LogP contribution >= 0.6 is 0 Å². The van der Waals surface area contributed by atoms with E-state index in [1.165, 1.54) is 5.57 Å². The Kier molecular flexibility index (Phi) is 5.63. The van der Waals surface area contributed by atoms with Crippen LogP contribution in [0.25, 0.3) is 6.08 Å². The highest BCUT2D eigenvalue weighted by molar-refractivity contribution is 5.46. The largest absolute Gasteiger partial charge is 0.465 e. The summed E-state index contributed by atoms with van der Waals surface area (Å²) in [7, 11) is 1.73. The Balaban J connectivity index is 1.81. The lowest BCUT2D eigenvalue weighted by atomic mass is 10.2. The Morgan fingerprint density at radius 2 is 2.47 bits per heavy atom. The molecule has 0 aromatic carbocycles. The Hall–Kier alpha value is -1.10. The highest BCUT2D eigenvalue weighted by atomic mass is 16.5. The average molecular weight is 265 g/mol. The summed E-state index contributed by atoms with van der Waals surface area (Å²) >= 11 is 0. The molecule has 4 nitrogen and oxygen atoms in total. The van der Waals surface area contributed by atoms with E-state index < -0.39 is 0 Å². The topological polar surface area (TPSA) is 34.8 Å². The van der Waals surface area contributed by atoms with E-state index in [0.717, 1.165) is 45.0 Å². The van der Waals surface area contributed by atoms with E-state index in [-0.39, 0.29) is 0 Å². The van der Waals surface area contributed by atoms with Crippen molar-refractivity contribution in [2.45, 2.75) is 19.4 Å². The predicted octanol–water partition coefficient (Wildman–Crippen LogP) is 2.42. The summed E-state index contributed by atoms with van der Waals surface area (Å²) in [5, 5.41) is 0. The molecule has 0 radical (unpaired) electrons. The lowest BCUT2D eigenvalue weighted by molar-refractivity contribution is -0.0378. The van der Waals surface area contributed by atoms with Crippen LogP contribution < -0.4 is 0 Å². The number of hydrogen-bond acceptors (Lipinski definition) is 4. The van der Waals surface area contributed by atoms with Crippen molar-refractivity contribution in [2.24, 2.45) is 0 Å². The molecule has 19 heavy (non-hydrogen) atoms. The first kappa shape index (κ1) is 14.3. The zero-order valence-corrected chi connectivity index (χ0v) is 11.8. The minimum atomic E-state index is 0.296. The van der Waals surface area contributed by atoms with E-state index in [1.807, 2.05) is 12.1 Å². The molecule has 0 N–H and O–H groups in total. The van der Waals surface area contributed by atoms with Gasteiger partial charge in [-0.15, -0.1) is 0 Å². The molecule has 1 aliphatic rings. The van der Waals surface area contributed by atoms with E-state index in [1.54, 1.807) is 13.4 Å². The third-order valence-corrected chi connectivity index (χ3v) is 3.27. The second-order valence-corrected chi connectivity index (χ2v) is 5.02. The van der Waals surface area contributed by atoms with Crippen molar-refractivity contribution in [2.75, 3.05) is 40.0 Å². The maximum atomic E-state index is 5.74. The number of hydrogen-bond donors (Lipinski definition) is 0. The monoisotopic (exact) mass is 265 g/mol. The summed E-state index contributed by atoms with van der Waals surface area (Å²) in [6.07, 6.45) is 5.06. The molecule has 1 aliphatic heterocycles. The Morgan fingerprint density at radius 3 is 3.21 bits per heavy atom. The van der Waals surface area contributed by atoms with Gasteiger partial charge in [0.2, 0.25) is 0 Å². The lowest BCUT2D eigenvalue weighted by Gasteiger charge is -2.33. The van der Waals surface area contributed by atoms with Crippen molar-refractivity contribution in [3.63, 3.8) is 0 Å². The van der Waals surface area contributed by atoms with Crippen LogP contribution in [0.4, 0.5) is 0 Å². The molecule has 2 rings (SSSR count). The van der Waals surface area contributed by atoms with Crippen molar-refractivity contribution in [3.8, 4) is 0 Å². The SMILES string of the molecule is COCCC1CN(CC(C)=Cc2ccco2)CCO1. The molecule has 0 bridgehead atoms. The number of rotatable bonds is 6. The van der Waals surface area contributed by atoms with Gasteiger partial charge in [-0.05, 0) is 31.6 Å². The maximum Gasteiger partial charge on any atom is 0.126 e. The molecule has 1 unspecified atom stereocenters. The summed E-state index contributed by atoms with van der Waals surface area (Å²) in [5.41, 5.74) is 1.31. The van der Waals surface area contributed by atoms with Crippen LogP contribution in [0.3, 0.4) is 0 Å². The molecule has 0 saturated carbocycles. The molecular weight excluding hydrogens is 242 g/mol. The molecule has 1 aromatic heterocycles. The van der Waals surface area contributed by atoms with E-state index in [4.69, 9.17) is 13.9 Å². The molecule has 1 aromatic rings. The minimum Gasteiger partial charge on any atom is -0.465 e. The molecule has 106 valence electrons. The van der Waals surface area contributed by atoms with Crippen molar-refractivity contribution in [1.29, 1.82) is 0 Å². The second-order valence-electron chi connectivity index (χ2n) is 5.02. The molecule has 0 spiro atoms. The quantitative estimate of drug-likeness (QED) is 0.791. The average Bonchev–Trinajstić information content (AvgIpc) is 2.89. The Labute approximate surface area is 115 Å². The number of furan rings is 1. The third-order valence-electron chi connectivity index (χ3n) is 3.27. The molecule has 4 heteroatoms. The number of nitrogens with zero attached hydrogens (tertiary/aromatic N) is 1. The first-order valence-electron chi connectivity index (χ1n) is 6.81. The van der Waals surface area contributed by atoms with Gasteiger partial charge in [0.1, 0.15) is 5.76 Å². The fourth-order valence-electron chi connectivity index (χ4n) is 2.36. The number of methoxy groups -OCH3 is 1. The van der Waals surface area contributed by atoms with Crippen molar-refractivity contribution >= 4 is 6.08 Å². The van der Waals surface area contributed by atoms with Gasteiger partial charge in [-0.1, -0.05) is 5.57 Å². The van der Waals surface area contributed by atoms with E-state index >= 15 is 0 Å². The molecule has 0 amide bonds. The van der Waals surface area contributed by atoms with Gasteiger partial charge in [0.25, 0.3) is 0 Å². The third kappa shape index (κ3) is 4.82. The van der Waals surface area contributed by atoms with Crippen LogP contribution in [0, 0.1) is 0 Å². The van der Waals surface area contributed by atoms with Crippen LogP contribution in [0.2, 0.25) is 0 Å². The van der Waals surface area contributed by atoms with Gasteiger partial charge in [0, 0.05) is 33.4 Å². The van der Waals surface area contributed by atoms with Gasteiger partial charge in [0.15, 0.2) is 0 Å².